The average molecular weight is 334 g/mol. The van der Waals surface area contributed by atoms with E-state index in [-0.39, 0.29) is 11.5 Å². The number of ether oxygens (including phenoxy) is 2. The summed E-state index contributed by atoms with van der Waals surface area (Å²) >= 11 is 0. The fourth-order valence-corrected chi connectivity index (χ4v) is 3.13. The second-order valence-electron chi connectivity index (χ2n) is 7.12. The van der Waals surface area contributed by atoms with Gasteiger partial charge in [-0.05, 0) is 57.9 Å². The van der Waals surface area contributed by atoms with Crippen molar-refractivity contribution in [1.29, 1.82) is 0 Å². The minimum absolute atomic E-state index is 0.0790. The summed E-state index contributed by atoms with van der Waals surface area (Å²) in [5.74, 6) is 0.930. The van der Waals surface area contributed by atoms with E-state index in [1.807, 2.05) is 31.3 Å². The van der Waals surface area contributed by atoms with Gasteiger partial charge in [0, 0.05) is 19.2 Å². The molecule has 0 aromatic heterocycles. The maximum atomic E-state index is 12.1. The van der Waals surface area contributed by atoms with E-state index >= 15 is 0 Å². The lowest BCUT2D eigenvalue weighted by Crippen LogP contribution is -2.47. The van der Waals surface area contributed by atoms with Gasteiger partial charge in [0.15, 0.2) is 0 Å². The molecule has 1 N–H and O–H groups in total. The van der Waals surface area contributed by atoms with Crippen molar-refractivity contribution in [3.8, 4) is 5.75 Å². The summed E-state index contributed by atoms with van der Waals surface area (Å²) in [5, 5.41) is 3.01. The minimum Gasteiger partial charge on any atom is -0.497 e. The molecule has 1 amide bonds. The van der Waals surface area contributed by atoms with Crippen LogP contribution in [0.1, 0.15) is 32.3 Å². The van der Waals surface area contributed by atoms with Gasteiger partial charge in [-0.25, -0.2) is 0 Å². The van der Waals surface area contributed by atoms with E-state index in [0.717, 1.165) is 31.6 Å². The number of carbonyl (C=O) groups is 1. The quantitative estimate of drug-likeness (QED) is 0.831. The van der Waals surface area contributed by atoms with Crippen LogP contribution in [-0.4, -0.2) is 56.3 Å². The number of hydrogen-bond acceptors (Lipinski definition) is 4. The molecule has 1 aromatic carbocycles. The lowest BCUT2D eigenvalue weighted by atomic mass is 9.93. The molecule has 1 unspecified atom stereocenters. The first-order valence-electron chi connectivity index (χ1n) is 8.63. The van der Waals surface area contributed by atoms with E-state index in [2.05, 4.69) is 24.1 Å². The van der Waals surface area contributed by atoms with Crippen LogP contribution in [0.15, 0.2) is 24.3 Å². The van der Waals surface area contributed by atoms with Crippen LogP contribution in [0.5, 0.6) is 5.75 Å². The second kappa shape index (κ2) is 8.49. The molecule has 0 radical (unpaired) electrons. The molecule has 5 heteroatoms. The number of carbonyl (C=O) groups excluding carboxylic acids is 1. The first-order valence-corrected chi connectivity index (χ1v) is 8.63. The Morgan fingerprint density at radius 1 is 1.38 bits per heavy atom. The van der Waals surface area contributed by atoms with Crippen LogP contribution in [0.25, 0.3) is 0 Å². The van der Waals surface area contributed by atoms with Crippen molar-refractivity contribution in [2.45, 2.75) is 44.8 Å². The van der Waals surface area contributed by atoms with E-state index in [1.165, 1.54) is 5.56 Å². The summed E-state index contributed by atoms with van der Waals surface area (Å²) < 4.78 is 10.9. The van der Waals surface area contributed by atoms with Gasteiger partial charge in [0.05, 0.1) is 19.3 Å². The van der Waals surface area contributed by atoms with Gasteiger partial charge in [0.2, 0.25) is 5.91 Å². The molecule has 2 rings (SSSR count). The van der Waals surface area contributed by atoms with Gasteiger partial charge in [-0.15, -0.1) is 0 Å². The highest BCUT2D eigenvalue weighted by atomic mass is 16.5. The van der Waals surface area contributed by atoms with Crippen molar-refractivity contribution < 1.29 is 14.3 Å². The minimum atomic E-state index is -0.0952. The summed E-state index contributed by atoms with van der Waals surface area (Å²) in [7, 11) is 3.68. The molecule has 1 atom stereocenters. The van der Waals surface area contributed by atoms with Gasteiger partial charge in [-0.3, -0.25) is 9.69 Å². The van der Waals surface area contributed by atoms with Gasteiger partial charge in [-0.2, -0.15) is 0 Å². The molecule has 1 aliphatic heterocycles. The lowest BCUT2D eigenvalue weighted by molar-refractivity contribution is -0.124. The van der Waals surface area contributed by atoms with Crippen LogP contribution >= 0.6 is 0 Å². The molecule has 1 heterocycles. The monoisotopic (exact) mass is 334 g/mol. The van der Waals surface area contributed by atoms with Crippen molar-refractivity contribution in [3.05, 3.63) is 29.8 Å². The Labute approximate surface area is 145 Å². The number of nitrogens with zero attached hydrogens (tertiary/aromatic N) is 1. The average Bonchev–Trinajstić information content (AvgIpc) is 2.54. The molecule has 0 spiro atoms. The van der Waals surface area contributed by atoms with Crippen LogP contribution < -0.4 is 10.1 Å². The van der Waals surface area contributed by atoms with Crippen molar-refractivity contribution >= 4 is 5.91 Å². The smallest absolute Gasteiger partial charge is 0.234 e. The van der Waals surface area contributed by atoms with Crippen molar-refractivity contribution in [2.75, 3.05) is 33.9 Å². The topological polar surface area (TPSA) is 50.8 Å². The molecule has 1 aliphatic rings. The fraction of sp³-hybridized carbons (Fsp3) is 0.632. The normalized spacial score (nSPS) is 20.0. The SMILES string of the molecule is COc1ccc(CCNC(=O)CN(C)C2CCOC(C)(C)C2)cc1. The van der Waals surface area contributed by atoms with Gasteiger partial charge in [-0.1, -0.05) is 12.1 Å². The van der Waals surface area contributed by atoms with Crippen LogP contribution in [0, 0.1) is 0 Å². The first-order chi connectivity index (χ1) is 11.4. The molecule has 134 valence electrons. The number of likely N-dealkylation sites (N-methyl/N-ethyl adjacent to an activating group) is 1. The molecular weight excluding hydrogens is 304 g/mol. The molecule has 5 nitrogen and oxygen atoms in total. The van der Waals surface area contributed by atoms with E-state index in [4.69, 9.17) is 9.47 Å². The zero-order valence-corrected chi connectivity index (χ0v) is 15.3. The van der Waals surface area contributed by atoms with Gasteiger partial charge < -0.3 is 14.8 Å². The van der Waals surface area contributed by atoms with E-state index in [9.17, 15) is 4.79 Å². The van der Waals surface area contributed by atoms with Gasteiger partial charge in [0.25, 0.3) is 0 Å². The van der Waals surface area contributed by atoms with Crippen LogP contribution in [0.4, 0.5) is 0 Å². The predicted octanol–water partition coefficient (Wildman–Crippen LogP) is 2.24. The Morgan fingerprint density at radius 2 is 2.08 bits per heavy atom. The third kappa shape index (κ3) is 5.80. The third-order valence-electron chi connectivity index (χ3n) is 4.58. The van der Waals surface area contributed by atoms with E-state index in [1.54, 1.807) is 7.11 Å². The van der Waals surface area contributed by atoms with Gasteiger partial charge >= 0.3 is 0 Å². The molecule has 1 fully saturated rings. The summed E-state index contributed by atoms with van der Waals surface area (Å²) in [6, 6.07) is 8.35. The Hall–Kier alpha value is -1.59. The molecule has 24 heavy (non-hydrogen) atoms. The van der Waals surface area contributed by atoms with Crippen LogP contribution in [0.3, 0.4) is 0 Å². The highest BCUT2D eigenvalue weighted by molar-refractivity contribution is 5.78. The van der Waals surface area contributed by atoms with Crippen molar-refractivity contribution in [3.63, 3.8) is 0 Å². The molecule has 0 bridgehead atoms. The Morgan fingerprint density at radius 3 is 2.71 bits per heavy atom. The van der Waals surface area contributed by atoms with Gasteiger partial charge in [0.1, 0.15) is 5.75 Å². The largest absolute Gasteiger partial charge is 0.497 e. The summed E-state index contributed by atoms with van der Waals surface area (Å²) in [4.78, 5) is 14.3. The number of benzene rings is 1. The predicted molar refractivity (Wildman–Crippen MR) is 95.4 cm³/mol. The second-order valence-corrected chi connectivity index (χ2v) is 7.12. The lowest BCUT2D eigenvalue weighted by Gasteiger charge is -2.39. The van der Waals surface area contributed by atoms with Crippen LogP contribution in [0.2, 0.25) is 0 Å². The number of nitrogens with one attached hydrogen (secondary N) is 1. The van der Waals surface area contributed by atoms with Crippen molar-refractivity contribution in [1.82, 2.24) is 10.2 Å². The molecule has 1 saturated heterocycles. The fourth-order valence-electron chi connectivity index (χ4n) is 3.13. The number of methoxy groups -OCH3 is 1. The van der Waals surface area contributed by atoms with E-state index in [0.29, 0.717) is 19.1 Å². The highest BCUT2D eigenvalue weighted by Crippen LogP contribution is 2.26. The Balaban J connectivity index is 1.70. The third-order valence-corrected chi connectivity index (χ3v) is 4.58. The Bertz CT molecular complexity index is 528. The maximum Gasteiger partial charge on any atom is 0.234 e. The first kappa shape index (κ1) is 18.7. The summed E-state index contributed by atoms with van der Waals surface area (Å²) in [5.41, 5.74) is 1.10. The number of amides is 1. The molecule has 0 aliphatic carbocycles. The van der Waals surface area contributed by atoms with Crippen molar-refractivity contribution in [2.24, 2.45) is 0 Å². The standard InChI is InChI=1S/C19H30N2O3/c1-19(2)13-16(10-12-24-19)21(3)14-18(22)20-11-9-15-5-7-17(23-4)8-6-15/h5-8,16H,9-14H2,1-4H3,(H,20,22). The Kier molecular flexibility index (Phi) is 6.63. The molecule has 1 aromatic rings. The zero-order chi connectivity index (χ0) is 17.6. The zero-order valence-electron chi connectivity index (χ0n) is 15.3. The maximum absolute atomic E-state index is 12.1. The number of rotatable bonds is 7. The molecule has 0 saturated carbocycles. The summed E-state index contributed by atoms with van der Waals surface area (Å²) in [6.45, 7) is 6.08. The highest BCUT2D eigenvalue weighted by Gasteiger charge is 2.31. The van der Waals surface area contributed by atoms with E-state index < -0.39 is 0 Å². The molecular formula is C19H30N2O3. The van der Waals surface area contributed by atoms with Crippen LogP contribution in [-0.2, 0) is 16.0 Å². The number of hydrogen-bond donors (Lipinski definition) is 1. The summed E-state index contributed by atoms with van der Waals surface area (Å²) in [6.07, 6.45) is 2.77.